The van der Waals surface area contributed by atoms with Crippen LogP contribution in [0.1, 0.15) is 5.56 Å². The summed E-state index contributed by atoms with van der Waals surface area (Å²) in [5.74, 6) is 0.507. The minimum atomic E-state index is -3.64. The quantitative estimate of drug-likeness (QED) is 0.672. The standard InChI is InChI=1S/C7H8N2O3S/c8-13(10,11)6-3-5-1-2-12-7(5)9-4-6/h3-4H,1-2H2,(H2,8,10,11). The summed E-state index contributed by atoms with van der Waals surface area (Å²) in [7, 11) is -3.64. The SMILES string of the molecule is NS(=O)(=O)c1cnc2c(c1)CCO2. The van der Waals surface area contributed by atoms with Gasteiger partial charge in [0, 0.05) is 12.0 Å². The summed E-state index contributed by atoms with van der Waals surface area (Å²) in [4.78, 5) is 3.88. The zero-order valence-corrected chi connectivity index (χ0v) is 7.54. The van der Waals surface area contributed by atoms with E-state index in [1.54, 1.807) is 0 Å². The molecule has 70 valence electrons. The van der Waals surface area contributed by atoms with E-state index in [2.05, 4.69) is 4.98 Å². The van der Waals surface area contributed by atoms with Crippen molar-refractivity contribution in [1.29, 1.82) is 0 Å². The van der Waals surface area contributed by atoms with Crippen molar-refractivity contribution >= 4 is 10.0 Å². The van der Waals surface area contributed by atoms with Gasteiger partial charge >= 0.3 is 0 Å². The van der Waals surface area contributed by atoms with Crippen molar-refractivity contribution in [3.05, 3.63) is 17.8 Å². The Labute approximate surface area is 75.6 Å². The van der Waals surface area contributed by atoms with E-state index in [0.717, 1.165) is 5.56 Å². The fourth-order valence-electron chi connectivity index (χ4n) is 1.20. The van der Waals surface area contributed by atoms with E-state index in [0.29, 0.717) is 18.9 Å². The molecule has 2 heterocycles. The van der Waals surface area contributed by atoms with E-state index < -0.39 is 10.0 Å². The van der Waals surface area contributed by atoms with Gasteiger partial charge in [0.1, 0.15) is 4.90 Å². The molecule has 0 fully saturated rings. The van der Waals surface area contributed by atoms with Crippen molar-refractivity contribution in [2.75, 3.05) is 6.61 Å². The molecule has 13 heavy (non-hydrogen) atoms. The van der Waals surface area contributed by atoms with Crippen LogP contribution in [0.15, 0.2) is 17.2 Å². The van der Waals surface area contributed by atoms with Gasteiger partial charge in [-0.05, 0) is 6.07 Å². The van der Waals surface area contributed by atoms with Gasteiger partial charge in [-0.2, -0.15) is 0 Å². The Hall–Kier alpha value is -1.14. The Morgan fingerprint density at radius 2 is 2.31 bits per heavy atom. The van der Waals surface area contributed by atoms with Gasteiger partial charge in [-0.25, -0.2) is 18.5 Å². The van der Waals surface area contributed by atoms with Crippen LogP contribution in [0.4, 0.5) is 0 Å². The number of rotatable bonds is 1. The molecule has 6 heteroatoms. The van der Waals surface area contributed by atoms with Crippen LogP contribution in [0.5, 0.6) is 5.88 Å². The lowest BCUT2D eigenvalue weighted by Gasteiger charge is -1.99. The zero-order chi connectivity index (χ0) is 9.47. The summed E-state index contributed by atoms with van der Waals surface area (Å²) in [6.07, 6.45) is 1.89. The number of hydrogen-bond acceptors (Lipinski definition) is 4. The third kappa shape index (κ3) is 1.50. The molecule has 0 bridgehead atoms. The first-order valence-electron chi connectivity index (χ1n) is 3.72. The van der Waals surface area contributed by atoms with E-state index in [4.69, 9.17) is 9.88 Å². The van der Waals surface area contributed by atoms with Gasteiger partial charge in [0.15, 0.2) is 0 Å². The first-order valence-corrected chi connectivity index (χ1v) is 5.26. The molecule has 0 amide bonds. The Morgan fingerprint density at radius 3 is 3.00 bits per heavy atom. The molecule has 1 aromatic rings. The molecule has 0 saturated carbocycles. The monoisotopic (exact) mass is 200 g/mol. The molecule has 0 spiro atoms. The number of hydrogen-bond donors (Lipinski definition) is 1. The normalized spacial score (nSPS) is 15.2. The third-order valence-corrected chi connectivity index (χ3v) is 2.72. The molecular formula is C7H8N2O3S. The van der Waals surface area contributed by atoms with Crippen molar-refractivity contribution in [2.45, 2.75) is 11.3 Å². The van der Waals surface area contributed by atoms with Crippen molar-refractivity contribution in [3.8, 4) is 5.88 Å². The average molecular weight is 200 g/mol. The maximum Gasteiger partial charge on any atom is 0.239 e. The Balaban J connectivity index is 2.54. The van der Waals surface area contributed by atoms with Crippen LogP contribution < -0.4 is 9.88 Å². The molecule has 0 radical (unpaired) electrons. The van der Waals surface area contributed by atoms with Gasteiger partial charge in [0.25, 0.3) is 0 Å². The number of primary sulfonamides is 1. The van der Waals surface area contributed by atoms with Gasteiger partial charge in [-0.1, -0.05) is 0 Å². The number of sulfonamides is 1. The molecule has 1 aliphatic heterocycles. The summed E-state index contributed by atoms with van der Waals surface area (Å²) < 4.78 is 27.0. The second-order valence-electron chi connectivity index (χ2n) is 2.78. The largest absolute Gasteiger partial charge is 0.477 e. The van der Waals surface area contributed by atoms with Crippen molar-refractivity contribution in [1.82, 2.24) is 4.98 Å². The zero-order valence-electron chi connectivity index (χ0n) is 6.73. The molecule has 0 aromatic carbocycles. The number of fused-ring (bicyclic) bond motifs is 1. The average Bonchev–Trinajstić information content (AvgIpc) is 2.47. The summed E-state index contributed by atoms with van der Waals surface area (Å²) in [5, 5.41) is 4.94. The van der Waals surface area contributed by atoms with Crippen LogP contribution in [0.3, 0.4) is 0 Å². The van der Waals surface area contributed by atoms with E-state index in [-0.39, 0.29) is 4.90 Å². The van der Waals surface area contributed by atoms with Gasteiger partial charge in [0.2, 0.25) is 15.9 Å². The number of nitrogens with two attached hydrogens (primary N) is 1. The van der Waals surface area contributed by atoms with Gasteiger partial charge in [0.05, 0.1) is 12.8 Å². The summed E-state index contributed by atoms with van der Waals surface area (Å²) in [6, 6.07) is 1.50. The van der Waals surface area contributed by atoms with Crippen LogP contribution in [0.25, 0.3) is 0 Å². The first-order chi connectivity index (χ1) is 6.07. The molecule has 0 aliphatic carbocycles. The first kappa shape index (κ1) is 8.46. The number of ether oxygens (including phenoxy) is 1. The second kappa shape index (κ2) is 2.68. The highest BCUT2D eigenvalue weighted by Crippen LogP contribution is 2.23. The summed E-state index contributed by atoms with van der Waals surface area (Å²) >= 11 is 0. The van der Waals surface area contributed by atoms with E-state index in [1.165, 1.54) is 12.3 Å². The van der Waals surface area contributed by atoms with Gasteiger partial charge in [-0.15, -0.1) is 0 Å². The van der Waals surface area contributed by atoms with E-state index in [9.17, 15) is 8.42 Å². The second-order valence-corrected chi connectivity index (χ2v) is 4.34. The fraction of sp³-hybridized carbons (Fsp3) is 0.286. The highest BCUT2D eigenvalue weighted by atomic mass is 32.2. The molecule has 2 N–H and O–H groups in total. The lowest BCUT2D eigenvalue weighted by atomic mass is 10.2. The lowest BCUT2D eigenvalue weighted by molar-refractivity contribution is 0.344. The summed E-state index contributed by atoms with van der Waals surface area (Å²) in [5.41, 5.74) is 0.798. The van der Waals surface area contributed by atoms with Crippen LogP contribution in [0.2, 0.25) is 0 Å². The van der Waals surface area contributed by atoms with Crippen LogP contribution >= 0.6 is 0 Å². The Kier molecular flexibility index (Phi) is 1.74. The molecule has 0 saturated heterocycles. The fourth-order valence-corrected chi connectivity index (χ4v) is 1.70. The van der Waals surface area contributed by atoms with Gasteiger partial charge in [-0.3, -0.25) is 0 Å². The highest BCUT2D eigenvalue weighted by Gasteiger charge is 2.17. The van der Waals surface area contributed by atoms with Crippen LogP contribution in [-0.4, -0.2) is 20.0 Å². The predicted molar refractivity (Wildman–Crippen MR) is 44.8 cm³/mol. The van der Waals surface area contributed by atoms with Crippen molar-refractivity contribution in [3.63, 3.8) is 0 Å². The van der Waals surface area contributed by atoms with E-state index in [1.807, 2.05) is 0 Å². The van der Waals surface area contributed by atoms with Crippen molar-refractivity contribution < 1.29 is 13.2 Å². The van der Waals surface area contributed by atoms with Crippen LogP contribution in [-0.2, 0) is 16.4 Å². The minimum absolute atomic E-state index is 0.0387. The summed E-state index contributed by atoms with van der Waals surface area (Å²) in [6.45, 7) is 0.552. The molecule has 5 nitrogen and oxygen atoms in total. The Bertz CT molecular complexity index is 441. The minimum Gasteiger partial charge on any atom is -0.477 e. The Morgan fingerprint density at radius 1 is 1.54 bits per heavy atom. The third-order valence-electron chi connectivity index (χ3n) is 1.84. The number of pyridine rings is 1. The van der Waals surface area contributed by atoms with Gasteiger partial charge < -0.3 is 4.74 Å². The molecule has 0 unspecified atom stereocenters. The predicted octanol–water partition coefficient (Wildman–Crippen LogP) is -0.336. The number of nitrogens with zero attached hydrogens (tertiary/aromatic N) is 1. The van der Waals surface area contributed by atoms with E-state index >= 15 is 0 Å². The molecule has 2 rings (SSSR count). The molecule has 0 atom stereocenters. The smallest absolute Gasteiger partial charge is 0.239 e. The molecular weight excluding hydrogens is 192 g/mol. The molecule has 1 aromatic heterocycles. The maximum atomic E-state index is 10.9. The van der Waals surface area contributed by atoms with Crippen molar-refractivity contribution in [2.24, 2.45) is 5.14 Å². The molecule has 1 aliphatic rings. The topological polar surface area (TPSA) is 82.3 Å². The highest BCUT2D eigenvalue weighted by molar-refractivity contribution is 7.89. The maximum absolute atomic E-state index is 10.9. The number of aromatic nitrogens is 1. The van der Waals surface area contributed by atoms with Crippen LogP contribution in [0, 0.1) is 0 Å². The lowest BCUT2D eigenvalue weighted by Crippen LogP contribution is -2.12.